The normalized spacial score (nSPS) is 36.4. The molecule has 94 valence electrons. The number of carbonyl (C=O) groups excluding carboxylic acids is 2. The van der Waals surface area contributed by atoms with Gasteiger partial charge in [0.25, 0.3) is 0 Å². The first-order chi connectivity index (χ1) is 8.13. The lowest BCUT2D eigenvalue weighted by atomic mass is 9.88. The summed E-state index contributed by atoms with van der Waals surface area (Å²) in [4.78, 5) is 26.4. The topological polar surface area (TPSA) is 49.4 Å². The lowest BCUT2D eigenvalue weighted by molar-refractivity contribution is -0.148. The van der Waals surface area contributed by atoms with Gasteiger partial charge in [0.1, 0.15) is 0 Å². The van der Waals surface area contributed by atoms with Crippen molar-refractivity contribution in [3.05, 3.63) is 0 Å². The van der Waals surface area contributed by atoms with Gasteiger partial charge in [0.05, 0.1) is 17.4 Å². The van der Waals surface area contributed by atoms with E-state index in [9.17, 15) is 9.59 Å². The maximum atomic E-state index is 12.4. The summed E-state index contributed by atoms with van der Waals surface area (Å²) in [5.74, 6) is 0.243. The van der Waals surface area contributed by atoms with Crippen molar-refractivity contribution in [2.24, 2.45) is 11.8 Å². The standard InChI is InChI=1S/C13H20N2O2/c1-13(5-7-14-8-6-13)15-11(16)9-3-2-4-10(9)12(15)17/h9-10,14H,2-8H2,1H3. The molecule has 3 aliphatic rings. The second-order valence-electron chi connectivity index (χ2n) is 5.90. The summed E-state index contributed by atoms with van der Waals surface area (Å²) in [6.45, 7) is 3.89. The third-order valence-corrected chi connectivity index (χ3v) is 4.81. The Labute approximate surface area is 102 Å². The van der Waals surface area contributed by atoms with Crippen LogP contribution in [0.3, 0.4) is 0 Å². The first-order valence-corrected chi connectivity index (χ1v) is 6.72. The Kier molecular flexibility index (Phi) is 2.51. The first-order valence-electron chi connectivity index (χ1n) is 6.72. The van der Waals surface area contributed by atoms with Crippen molar-refractivity contribution in [1.29, 1.82) is 0 Å². The van der Waals surface area contributed by atoms with Crippen molar-refractivity contribution < 1.29 is 9.59 Å². The largest absolute Gasteiger partial charge is 0.317 e. The molecule has 0 radical (unpaired) electrons. The number of hydrogen-bond acceptors (Lipinski definition) is 3. The molecule has 3 fully saturated rings. The van der Waals surface area contributed by atoms with Crippen LogP contribution in [0.5, 0.6) is 0 Å². The summed E-state index contributed by atoms with van der Waals surface area (Å²) < 4.78 is 0. The zero-order chi connectivity index (χ0) is 12.0. The Morgan fingerprint density at radius 2 is 1.65 bits per heavy atom. The van der Waals surface area contributed by atoms with Gasteiger partial charge in [-0.15, -0.1) is 0 Å². The smallest absolute Gasteiger partial charge is 0.233 e. The summed E-state index contributed by atoms with van der Waals surface area (Å²) in [7, 11) is 0. The van der Waals surface area contributed by atoms with Gasteiger partial charge in [-0.05, 0) is 45.7 Å². The molecule has 0 aromatic carbocycles. The summed E-state index contributed by atoms with van der Waals surface area (Å²) in [6.07, 6.45) is 4.66. The molecule has 2 atom stereocenters. The van der Waals surface area contributed by atoms with Crippen LogP contribution in [0.25, 0.3) is 0 Å². The molecule has 4 heteroatoms. The average molecular weight is 236 g/mol. The Morgan fingerprint density at radius 1 is 1.12 bits per heavy atom. The highest BCUT2D eigenvalue weighted by atomic mass is 16.2. The number of imide groups is 1. The molecule has 2 unspecified atom stereocenters. The number of rotatable bonds is 1. The molecule has 1 aliphatic carbocycles. The molecule has 17 heavy (non-hydrogen) atoms. The monoisotopic (exact) mass is 236 g/mol. The van der Waals surface area contributed by atoms with E-state index in [1.54, 1.807) is 4.90 Å². The summed E-state index contributed by atoms with van der Waals surface area (Å²) in [5.41, 5.74) is -0.232. The number of fused-ring (bicyclic) bond motifs is 1. The van der Waals surface area contributed by atoms with Crippen LogP contribution in [-0.2, 0) is 9.59 Å². The molecule has 2 saturated heterocycles. The molecule has 2 heterocycles. The minimum atomic E-state index is -0.232. The fourth-order valence-corrected chi connectivity index (χ4v) is 3.71. The number of piperidine rings is 1. The van der Waals surface area contributed by atoms with Crippen LogP contribution in [0.4, 0.5) is 0 Å². The van der Waals surface area contributed by atoms with Crippen LogP contribution in [0.2, 0.25) is 0 Å². The SMILES string of the molecule is CC1(N2C(=O)C3CCCC3C2=O)CCNCC1. The Bertz CT molecular complexity index is 338. The van der Waals surface area contributed by atoms with E-state index in [1.165, 1.54) is 0 Å². The second-order valence-corrected chi connectivity index (χ2v) is 5.90. The van der Waals surface area contributed by atoms with Crippen LogP contribution < -0.4 is 5.32 Å². The Morgan fingerprint density at radius 3 is 2.18 bits per heavy atom. The molecule has 3 rings (SSSR count). The Hall–Kier alpha value is -0.900. The average Bonchev–Trinajstić information content (AvgIpc) is 2.85. The van der Waals surface area contributed by atoms with E-state index >= 15 is 0 Å². The van der Waals surface area contributed by atoms with E-state index in [-0.39, 0.29) is 29.2 Å². The molecule has 4 nitrogen and oxygen atoms in total. The molecule has 2 amide bonds. The number of likely N-dealkylation sites (tertiary alicyclic amines) is 1. The van der Waals surface area contributed by atoms with E-state index in [1.807, 2.05) is 0 Å². The molecule has 2 aliphatic heterocycles. The first kappa shape index (κ1) is 11.2. The maximum absolute atomic E-state index is 12.4. The van der Waals surface area contributed by atoms with E-state index < -0.39 is 0 Å². The molecule has 0 aromatic rings. The second kappa shape index (κ2) is 3.80. The summed E-state index contributed by atoms with van der Waals surface area (Å²) in [6, 6.07) is 0. The van der Waals surface area contributed by atoms with Crippen LogP contribution in [-0.4, -0.2) is 35.3 Å². The predicted molar refractivity (Wildman–Crippen MR) is 63.2 cm³/mol. The highest BCUT2D eigenvalue weighted by Gasteiger charge is 2.55. The number of hydrogen-bond donors (Lipinski definition) is 1. The van der Waals surface area contributed by atoms with E-state index in [2.05, 4.69) is 12.2 Å². The summed E-state index contributed by atoms with van der Waals surface area (Å²) in [5, 5.41) is 3.29. The predicted octanol–water partition coefficient (Wildman–Crippen LogP) is 0.914. The van der Waals surface area contributed by atoms with Crippen molar-refractivity contribution in [2.45, 2.75) is 44.6 Å². The third-order valence-electron chi connectivity index (χ3n) is 4.81. The molecule has 0 aromatic heterocycles. The van der Waals surface area contributed by atoms with Crippen LogP contribution >= 0.6 is 0 Å². The quantitative estimate of drug-likeness (QED) is 0.689. The zero-order valence-corrected chi connectivity index (χ0v) is 10.4. The number of carbonyl (C=O) groups is 2. The van der Waals surface area contributed by atoms with Crippen LogP contribution in [0.15, 0.2) is 0 Å². The van der Waals surface area contributed by atoms with Crippen LogP contribution in [0, 0.1) is 11.8 Å². The van der Waals surface area contributed by atoms with Gasteiger partial charge in [-0.3, -0.25) is 14.5 Å². The molecule has 0 spiro atoms. The zero-order valence-electron chi connectivity index (χ0n) is 10.4. The molecular formula is C13H20N2O2. The van der Waals surface area contributed by atoms with Crippen LogP contribution in [0.1, 0.15) is 39.0 Å². The highest BCUT2D eigenvalue weighted by molar-refractivity contribution is 6.06. The highest BCUT2D eigenvalue weighted by Crippen LogP contribution is 2.43. The van der Waals surface area contributed by atoms with Gasteiger partial charge in [-0.2, -0.15) is 0 Å². The molecule has 0 bridgehead atoms. The van der Waals surface area contributed by atoms with Gasteiger partial charge in [-0.1, -0.05) is 6.42 Å². The Balaban J connectivity index is 1.88. The van der Waals surface area contributed by atoms with E-state index in [4.69, 9.17) is 0 Å². The van der Waals surface area contributed by atoms with Crippen molar-refractivity contribution in [1.82, 2.24) is 10.2 Å². The molecular weight excluding hydrogens is 216 g/mol. The fourth-order valence-electron chi connectivity index (χ4n) is 3.71. The lowest BCUT2D eigenvalue weighted by Crippen LogP contribution is -2.55. The van der Waals surface area contributed by atoms with Gasteiger partial charge < -0.3 is 5.32 Å². The lowest BCUT2D eigenvalue weighted by Gasteiger charge is -2.41. The molecule has 1 N–H and O–H groups in total. The van der Waals surface area contributed by atoms with E-state index in [0.29, 0.717) is 0 Å². The number of nitrogens with zero attached hydrogens (tertiary/aromatic N) is 1. The summed E-state index contributed by atoms with van der Waals surface area (Å²) >= 11 is 0. The number of nitrogens with one attached hydrogen (secondary N) is 1. The van der Waals surface area contributed by atoms with Gasteiger partial charge in [-0.25, -0.2) is 0 Å². The minimum Gasteiger partial charge on any atom is -0.317 e. The van der Waals surface area contributed by atoms with Crippen molar-refractivity contribution >= 4 is 11.8 Å². The third kappa shape index (κ3) is 1.53. The van der Waals surface area contributed by atoms with E-state index in [0.717, 1.165) is 45.2 Å². The van der Waals surface area contributed by atoms with Gasteiger partial charge in [0.2, 0.25) is 11.8 Å². The maximum Gasteiger partial charge on any atom is 0.233 e. The van der Waals surface area contributed by atoms with Crippen molar-refractivity contribution in [3.8, 4) is 0 Å². The minimum absolute atomic E-state index is 0.00853. The van der Waals surface area contributed by atoms with Gasteiger partial charge in [0, 0.05) is 0 Å². The fraction of sp³-hybridized carbons (Fsp3) is 0.846. The van der Waals surface area contributed by atoms with Crippen molar-refractivity contribution in [2.75, 3.05) is 13.1 Å². The van der Waals surface area contributed by atoms with Crippen molar-refractivity contribution in [3.63, 3.8) is 0 Å². The molecule has 1 saturated carbocycles. The van der Waals surface area contributed by atoms with Gasteiger partial charge in [0.15, 0.2) is 0 Å². The number of amides is 2. The van der Waals surface area contributed by atoms with Gasteiger partial charge >= 0.3 is 0 Å².